The van der Waals surface area contributed by atoms with Crippen LogP contribution in [0.1, 0.15) is 16.7 Å². The van der Waals surface area contributed by atoms with Crippen LogP contribution in [0.3, 0.4) is 0 Å². The molecule has 2 amide bonds. The van der Waals surface area contributed by atoms with Crippen molar-refractivity contribution in [2.24, 2.45) is 0 Å². The van der Waals surface area contributed by atoms with E-state index in [9.17, 15) is 4.79 Å². The van der Waals surface area contributed by atoms with Gasteiger partial charge >= 0.3 is 6.03 Å². The van der Waals surface area contributed by atoms with E-state index in [1.807, 2.05) is 61.5 Å². The average molecular weight is 463 g/mol. The van der Waals surface area contributed by atoms with Gasteiger partial charge in [0, 0.05) is 6.04 Å². The molecule has 34 heavy (non-hydrogen) atoms. The van der Waals surface area contributed by atoms with Gasteiger partial charge in [-0.25, -0.2) is 4.79 Å². The molecule has 0 aromatic heterocycles. The fourth-order valence-corrected chi connectivity index (χ4v) is 4.14. The molecule has 0 unspecified atom stereocenters. The second kappa shape index (κ2) is 9.43. The smallest absolute Gasteiger partial charge is 0.319 e. The molecule has 0 bridgehead atoms. The van der Waals surface area contributed by atoms with Gasteiger partial charge in [-0.1, -0.05) is 18.2 Å². The molecule has 0 radical (unpaired) electrons. The van der Waals surface area contributed by atoms with Crippen LogP contribution in [0.4, 0.5) is 10.5 Å². The Kier molecular flexibility index (Phi) is 6.03. The Morgan fingerprint density at radius 1 is 0.853 bits per heavy atom. The van der Waals surface area contributed by atoms with Crippen LogP contribution < -0.4 is 34.3 Å². The fourth-order valence-electron chi connectivity index (χ4n) is 4.14. The van der Waals surface area contributed by atoms with Gasteiger partial charge in [-0.3, -0.25) is 0 Å². The monoisotopic (exact) mass is 462 g/mol. The Labute approximate surface area is 197 Å². The molecule has 8 nitrogen and oxygen atoms in total. The van der Waals surface area contributed by atoms with Crippen LogP contribution in [-0.4, -0.2) is 32.8 Å². The summed E-state index contributed by atoms with van der Waals surface area (Å²) in [6.07, 6.45) is 1.20. The highest BCUT2D eigenvalue weighted by Gasteiger charge is 2.20. The van der Waals surface area contributed by atoms with E-state index in [0.717, 1.165) is 28.2 Å². The molecular formula is C26H26N2O6. The highest BCUT2D eigenvalue weighted by atomic mass is 16.7. The molecule has 3 aromatic carbocycles. The number of ether oxygens (including phenoxy) is 5. The summed E-state index contributed by atoms with van der Waals surface area (Å²) in [4.78, 5) is 13.0. The van der Waals surface area contributed by atoms with Crippen LogP contribution in [-0.2, 0) is 12.8 Å². The number of carbonyl (C=O) groups excluding carboxylic acids is 1. The van der Waals surface area contributed by atoms with Gasteiger partial charge in [0.15, 0.2) is 23.0 Å². The number of carbonyl (C=O) groups is 1. The topological polar surface area (TPSA) is 87.3 Å². The zero-order valence-electron chi connectivity index (χ0n) is 19.1. The molecule has 0 saturated carbocycles. The molecule has 0 atom stereocenters. The highest BCUT2D eigenvalue weighted by molar-refractivity contribution is 5.91. The summed E-state index contributed by atoms with van der Waals surface area (Å²) in [5.41, 5.74) is 3.70. The van der Waals surface area contributed by atoms with Gasteiger partial charge in [-0.15, -0.1) is 0 Å². The first-order valence-electron chi connectivity index (χ1n) is 11.1. The SMILES string of the molecule is COc1ccc(C)cc1NC(=O)NC(Cc1ccc2c(c1)OCO2)Cc1ccc2c(c1)OCO2. The number of nitrogens with one attached hydrogen (secondary N) is 2. The normalized spacial score (nSPS) is 13.1. The third-order valence-electron chi connectivity index (χ3n) is 5.78. The second-order valence-corrected chi connectivity index (χ2v) is 8.28. The largest absolute Gasteiger partial charge is 0.495 e. The molecule has 2 aliphatic rings. The molecule has 5 rings (SSSR count). The first-order valence-corrected chi connectivity index (χ1v) is 11.1. The number of urea groups is 1. The van der Waals surface area contributed by atoms with Crippen molar-refractivity contribution < 1.29 is 28.5 Å². The van der Waals surface area contributed by atoms with Gasteiger partial charge in [-0.05, 0) is 72.9 Å². The maximum absolute atomic E-state index is 13.0. The predicted molar refractivity (Wildman–Crippen MR) is 126 cm³/mol. The molecule has 2 N–H and O–H groups in total. The maximum atomic E-state index is 13.0. The fraction of sp³-hybridized carbons (Fsp3) is 0.269. The first-order chi connectivity index (χ1) is 16.6. The molecule has 0 saturated heterocycles. The van der Waals surface area contributed by atoms with Crippen molar-refractivity contribution in [3.8, 4) is 28.7 Å². The minimum atomic E-state index is -0.310. The van der Waals surface area contributed by atoms with Crippen LogP contribution in [0.25, 0.3) is 0 Å². The number of benzene rings is 3. The molecule has 2 heterocycles. The zero-order valence-corrected chi connectivity index (χ0v) is 19.1. The predicted octanol–water partition coefficient (Wildman–Crippen LogP) is 4.44. The van der Waals surface area contributed by atoms with Crippen molar-refractivity contribution >= 4 is 11.7 Å². The summed E-state index contributed by atoms with van der Waals surface area (Å²) in [6, 6.07) is 16.8. The van der Waals surface area contributed by atoms with E-state index in [4.69, 9.17) is 23.7 Å². The third-order valence-corrected chi connectivity index (χ3v) is 5.78. The lowest BCUT2D eigenvalue weighted by Crippen LogP contribution is -2.40. The Morgan fingerprint density at radius 3 is 2.03 bits per heavy atom. The van der Waals surface area contributed by atoms with Gasteiger partial charge in [0.2, 0.25) is 13.6 Å². The summed E-state index contributed by atoms with van der Waals surface area (Å²) in [6.45, 7) is 2.40. The summed E-state index contributed by atoms with van der Waals surface area (Å²) >= 11 is 0. The molecule has 3 aromatic rings. The van der Waals surface area contributed by atoms with E-state index < -0.39 is 0 Å². The Bertz CT molecular complexity index is 1150. The number of amides is 2. The van der Waals surface area contributed by atoms with E-state index in [2.05, 4.69) is 10.6 Å². The number of hydrogen-bond acceptors (Lipinski definition) is 6. The minimum absolute atomic E-state index is 0.198. The first kappa shape index (κ1) is 21.8. The van der Waals surface area contributed by atoms with Crippen LogP contribution in [0.5, 0.6) is 28.7 Å². The third kappa shape index (κ3) is 4.80. The van der Waals surface area contributed by atoms with Crippen molar-refractivity contribution in [1.29, 1.82) is 0 Å². The van der Waals surface area contributed by atoms with Gasteiger partial charge < -0.3 is 34.3 Å². The highest BCUT2D eigenvalue weighted by Crippen LogP contribution is 2.34. The average Bonchev–Trinajstić information content (AvgIpc) is 3.47. The molecular weight excluding hydrogens is 436 g/mol. The van der Waals surface area contributed by atoms with Crippen LogP contribution in [0.2, 0.25) is 0 Å². The van der Waals surface area contributed by atoms with Crippen molar-refractivity contribution in [2.45, 2.75) is 25.8 Å². The standard InChI is InChI=1S/C26H26N2O6/c1-16-3-6-21(30-2)20(9-16)28-26(29)27-19(10-17-4-7-22-24(12-17)33-14-31-22)11-18-5-8-23-25(13-18)34-15-32-23/h3-9,12-13,19H,10-11,14-15H2,1-2H3,(H2,27,28,29). The Balaban J connectivity index is 1.34. The second-order valence-electron chi connectivity index (χ2n) is 8.28. The van der Waals surface area contributed by atoms with Gasteiger partial charge in [0.05, 0.1) is 12.8 Å². The molecule has 176 valence electrons. The van der Waals surface area contributed by atoms with E-state index in [-0.39, 0.29) is 25.7 Å². The van der Waals surface area contributed by atoms with Gasteiger partial charge in [-0.2, -0.15) is 0 Å². The van der Waals surface area contributed by atoms with Gasteiger partial charge in [0.1, 0.15) is 5.75 Å². The van der Waals surface area contributed by atoms with E-state index in [1.165, 1.54) is 0 Å². The van der Waals surface area contributed by atoms with Crippen molar-refractivity contribution in [3.05, 3.63) is 71.3 Å². The lowest BCUT2D eigenvalue weighted by molar-refractivity contribution is 0.173. The molecule has 0 fully saturated rings. The quantitative estimate of drug-likeness (QED) is 0.540. The lowest BCUT2D eigenvalue weighted by atomic mass is 9.98. The molecule has 0 spiro atoms. The van der Waals surface area contributed by atoms with E-state index >= 15 is 0 Å². The number of aryl methyl sites for hydroxylation is 1. The maximum Gasteiger partial charge on any atom is 0.319 e. The number of methoxy groups -OCH3 is 1. The minimum Gasteiger partial charge on any atom is -0.495 e. The number of rotatable bonds is 7. The lowest BCUT2D eigenvalue weighted by Gasteiger charge is -2.21. The van der Waals surface area contributed by atoms with Crippen molar-refractivity contribution in [2.75, 3.05) is 26.0 Å². The number of anilines is 1. The molecule has 8 heteroatoms. The van der Waals surface area contributed by atoms with Crippen molar-refractivity contribution in [3.63, 3.8) is 0 Å². The Morgan fingerprint density at radius 2 is 1.44 bits per heavy atom. The van der Waals surface area contributed by atoms with Crippen LogP contribution in [0.15, 0.2) is 54.6 Å². The summed E-state index contributed by atoms with van der Waals surface area (Å²) in [7, 11) is 1.58. The Hall–Kier alpha value is -4.07. The van der Waals surface area contributed by atoms with Crippen LogP contribution >= 0.6 is 0 Å². The summed E-state index contributed by atoms with van der Waals surface area (Å²) in [5.74, 6) is 3.49. The summed E-state index contributed by atoms with van der Waals surface area (Å²) in [5, 5.41) is 6.04. The van der Waals surface area contributed by atoms with E-state index in [1.54, 1.807) is 7.11 Å². The van der Waals surface area contributed by atoms with Crippen molar-refractivity contribution in [1.82, 2.24) is 5.32 Å². The number of hydrogen-bond donors (Lipinski definition) is 2. The van der Waals surface area contributed by atoms with Crippen LogP contribution in [0, 0.1) is 6.92 Å². The molecule has 0 aliphatic carbocycles. The number of fused-ring (bicyclic) bond motifs is 2. The summed E-state index contributed by atoms with van der Waals surface area (Å²) < 4.78 is 27.3. The van der Waals surface area contributed by atoms with E-state index in [0.29, 0.717) is 35.8 Å². The zero-order chi connectivity index (χ0) is 23.5. The molecule has 2 aliphatic heterocycles. The van der Waals surface area contributed by atoms with Gasteiger partial charge in [0.25, 0.3) is 0 Å².